The first-order chi connectivity index (χ1) is 26.0. The van der Waals surface area contributed by atoms with E-state index in [1.165, 1.54) is 4.57 Å². The van der Waals surface area contributed by atoms with Gasteiger partial charge in [0.15, 0.2) is 23.1 Å². The summed E-state index contributed by atoms with van der Waals surface area (Å²) in [5.74, 6) is 1.18. The summed E-state index contributed by atoms with van der Waals surface area (Å²) in [6.07, 6.45) is 0. The highest BCUT2D eigenvalue weighted by atomic mass is 16.3. The van der Waals surface area contributed by atoms with E-state index in [-0.39, 0.29) is 43.7 Å². The molecule has 3 heterocycles. The maximum absolute atomic E-state index is 9.23. The number of furan rings is 1. The molecule has 9 rings (SSSR count). The van der Waals surface area contributed by atoms with Crippen LogP contribution in [0.4, 0.5) is 0 Å². The summed E-state index contributed by atoms with van der Waals surface area (Å²) in [6.45, 7) is 0. The molecular weight excluding hydrogens is 540 g/mol. The maximum Gasteiger partial charge on any atom is 0.164 e. The van der Waals surface area contributed by atoms with Crippen molar-refractivity contribution in [2.24, 2.45) is 0 Å². The first kappa shape index (κ1) is 16.5. The summed E-state index contributed by atoms with van der Waals surface area (Å²) < 4.78 is 95.1. The number of aromatic nitrogens is 4. The monoisotopic (exact) mass is 574 g/mol. The van der Waals surface area contributed by atoms with Crippen molar-refractivity contribution in [2.75, 3.05) is 0 Å². The van der Waals surface area contributed by atoms with Gasteiger partial charge in [-0.1, -0.05) is 115 Å². The molecule has 0 amide bonds. The molecule has 0 N–H and O–H groups in total. The van der Waals surface area contributed by atoms with Gasteiger partial charge in [0.1, 0.15) is 5.58 Å². The van der Waals surface area contributed by atoms with E-state index in [0.717, 1.165) is 11.1 Å². The second kappa shape index (κ2) is 9.75. The van der Waals surface area contributed by atoms with Gasteiger partial charge in [-0.25, -0.2) is 15.0 Å². The van der Waals surface area contributed by atoms with Gasteiger partial charge in [0.2, 0.25) is 0 Å². The first-order valence-corrected chi connectivity index (χ1v) is 13.8. The molecular formula is C39H24N4O. The molecule has 44 heavy (non-hydrogen) atoms. The minimum absolute atomic E-state index is 0.00658. The van der Waals surface area contributed by atoms with Crippen LogP contribution in [0.2, 0.25) is 0 Å². The standard InChI is InChI=1S/C39H24N4O/c1-3-12-25(13-4-1)37-40-38(26-14-5-2-6-15-26)42-39(41-37)27-16-11-17-28(24-27)43-33-20-9-7-18-29(33)31-22-23-32-30-19-8-10-21-34(30)44-36(32)35(31)43/h1-24H/i7D,8D,9D,10D,18D,19D,20D,21D,22D,23D. The van der Waals surface area contributed by atoms with E-state index in [4.69, 9.17) is 31.7 Å². The van der Waals surface area contributed by atoms with Gasteiger partial charge in [0.25, 0.3) is 0 Å². The maximum atomic E-state index is 9.23. The Morgan fingerprint density at radius 2 is 1.11 bits per heavy atom. The molecule has 0 aliphatic rings. The summed E-state index contributed by atoms with van der Waals surface area (Å²) in [4.78, 5) is 14.5. The SMILES string of the molecule is [2H]c1c([2H])c([2H])c2c(oc3c2c([2H])c([2H])c2c4c([2H])c([2H])c([2H])c([2H])c4n(-c4cccc(-c5nc(-c6ccccc6)nc(-c6ccccc6)n5)c4)c32)c1[2H]. The van der Waals surface area contributed by atoms with Crippen LogP contribution < -0.4 is 0 Å². The minimum atomic E-state index is -0.532. The van der Waals surface area contributed by atoms with E-state index in [0.29, 0.717) is 28.7 Å². The number of hydrogen-bond acceptors (Lipinski definition) is 4. The molecule has 3 aromatic heterocycles. The highest BCUT2D eigenvalue weighted by molar-refractivity contribution is 6.21. The highest BCUT2D eigenvalue weighted by Crippen LogP contribution is 2.40. The van der Waals surface area contributed by atoms with Crippen LogP contribution in [-0.4, -0.2) is 19.5 Å². The third kappa shape index (κ3) is 3.83. The molecule has 0 saturated carbocycles. The van der Waals surface area contributed by atoms with Gasteiger partial charge in [0.05, 0.1) is 24.7 Å². The first-order valence-electron chi connectivity index (χ1n) is 18.8. The average Bonchev–Trinajstić information content (AvgIpc) is 3.78. The zero-order chi connectivity index (χ0) is 37.7. The van der Waals surface area contributed by atoms with Crippen molar-refractivity contribution in [2.45, 2.75) is 0 Å². The van der Waals surface area contributed by atoms with E-state index in [1.807, 2.05) is 60.7 Å². The van der Waals surface area contributed by atoms with E-state index in [2.05, 4.69) is 0 Å². The fraction of sp³-hybridized carbons (Fsp3) is 0. The molecule has 5 heteroatoms. The van der Waals surface area contributed by atoms with Crippen LogP contribution in [0, 0.1) is 0 Å². The fourth-order valence-electron chi connectivity index (χ4n) is 5.54. The quantitative estimate of drug-likeness (QED) is 0.210. The lowest BCUT2D eigenvalue weighted by Crippen LogP contribution is -2.01. The van der Waals surface area contributed by atoms with Gasteiger partial charge < -0.3 is 8.98 Å². The van der Waals surface area contributed by atoms with Gasteiger partial charge in [-0.2, -0.15) is 0 Å². The Labute approximate surface area is 266 Å². The fourth-order valence-corrected chi connectivity index (χ4v) is 5.54. The largest absolute Gasteiger partial charge is 0.454 e. The molecule has 9 aromatic rings. The Balaban J connectivity index is 1.42. The smallest absolute Gasteiger partial charge is 0.164 e. The summed E-state index contributed by atoms with van der Waals surface area (Å²) in [6, 6.07) is 21.3. The highest BCUT2D eigenvalue weighted by Gasteiger charge is 2.19. The third-order valence-electron chi connectivity index (χ3n) is 7.53. The van der Waals surface area contributed by atoms with E-state index >= 15 is 0 Å². The van der Waals surface area contributed by atoms with Crippen molar-refractivity contribution in [3.05, 3.63) is 145 Å². The number of para-hydroxylation sites is 2. The predicted octanol–water partition coefficient (Wildman–Crippen LogP) is 9.87. The Hall–Kier alpha value is -6.07. The Bertz CT molecular complexity index is 3000. The normalized spacial score (nSPS) is 14.8. The van der Waals surface area contributed by atoms with Gasteiger partial charge in [-0.15, -0.1) is 0 Å². The number of benzene rings is 6. The van der Waals surface area contributed by atoms with Crippen LogP contribution in [0.5, 0.6) is 0 Å². The lowest BCUT2D eigenvalue weighted by atomic mass is 10.1. The topological polar surface area (TPSA) is 56.7 Å². The van der Waals surface area contributed by atoms with Crippen molar-refractivity contribution in [1.29, 1.82) is 0 Å². The minimum Gasteiger partial charge on any atom is -0.454 e. The van der Waals surface area contributed by atoms with Gasteiger partial charge in [-0.05, 0) is 30.3 Å². The second-order valence-corrected chi connectivity index (χ2v) is 10.1. The number of rotatable bonds is 4. The summed E-state index contributed by atoms with van der Waals surface area (Å²) in [5, 5.41) is -0.122. The molecule has 0 bridgehead atoms. The summed E-state index contributed by atoms with van der Waals surface area (Å²) >= 11 is 0. The molecule has 0 spiro atoms. The molecule has 0 atom stereocenters. The summed E-state index contributed by atoms with van der Waals surface area (Å²) in [5.41, 5.74) is 2.27. The Kier molecular flexibility index (Phi) is 3.66. The zero-order valence-corrected chi connectivity index (χ0v) is 22.8. The molecule has 0 saturated heterocycles. The molecule has 5 nitrogen and oxygen atoms in total. The molecule has 0 aliphatic carbocycles. The number of hydrogen-bond donors (Lipinski definition) is 0. The van der Waals surface area contributed by atoms with Gasteiger partial charge in [0, 0.05) is 43.9 Å². The lowest BCUT2D eigenvalue weighted by molar-refractivity contribution is 0.671. The van der Waals surface area contributed by atoms with Crippen molar-refractivity contribution in [3.63, 3.8) is 0 Å². The molecule has 0 unspecified atom stereocenters. The average molecular weight is 575 g/mol. The van der Waals surface area contributed by atoms with Crippen molar-refractivity contribution < 1.29 is 18.1 Å². The van der Waals surface area contributed by atoms with E-state index < -0.39 is 60.4 Å². The van der Waals surface area contributed by atoms with Crippen LogP contribution in [0.1, 0.15) is 13.7 Å². The van der Waals surface area contributed by atoms with Crippen LogP contribution in [0.15, 0.2) is 150 Å². The Morgan fingerprint density at radius 3 is 1.84 bits per heavy atom. The molecule has 206 valence electrons. The number of fused-ring (bicyclic) bond motifs is 7. The second-order valence-electron chi connectivity index (χ2n) is 10.1. The zero-order valence-electron chi connectivity index (χ0n) is 32.8. The third-order valence-corrected chi connectivity index (χ3v) is 7.53. The van der Waals surface area contributed by atoms with Crippen LogP contribution in [-0.2, 0) is 0 Å². The van der Waals surface area contributed by atoms with Gasteiger partial charge in [-0.3, -0.25) is 0 Å². The van der Waals surface area contributed by atoms with Crippen LogP contribution >= 0.6 is 0 Å². The van der Waals surface area contributed by atoms with Crippen molar-refractivity contribution in [3.8, 4) is 39.9 Å². The molecule has 6 aromatic carbocycles. The number of nitrogens with zero attached hydrogens (tertiary/aromatic N) is 4. The van der Waals surface area contributed by atoms with Gasteiger partial charge >= 0.3 is 0 Å². The van der Waals surface area contributed by atoms with E-state index in [9.17, 15) is 1.37 Å². The van der Waals surface area contributed by atoms with Crippen molar-refractivity contribution in [1.82, 2.24) is 19.5 Å². The molecule has 0 aliphatic heterocycles. The lowest BCUT2D eigenvalue weighted by Gasteiger charge is -2.11. The molecule has 0 fully saturated rings. The van der Waals surface area contributed by atoms with E-state index in [1.54, 1.807) is 24.3 Å². The van der Waals surface area contributed by atoms with Crippen LogP contribution in [0.25, 0.3) is 83.6 Å². The molecule has 0 radical (unpaired) electrons. The predicted molar refractivity (Wildman–Crippen MR) is 178 cm³/mol. The Morgan fingerprint density at radius 1 is 0.523 bits per heavy atom. The van der Waals surface area contributed by atoms with Crippen LogP contribution in [0.3, 0.4) is 0 Å². The van der Waals surface area contributed by atoms with Crippen molar-refractivity contribution >= 4 is 43.7 Å². The summed E-state index contributed by atoms with van der Waals surface area (Å²) in [7, 11) is 0.